The summed E-state index contributed by atoms with van der Waals surface area (Å²) in [7, 11) is 0. The summed E-state index contributed by atoms with van der Waals surface area (Å²) < 4.78 is 46.9. The largest absolute Gasteiger partial charge is 0.349 e. The van der Waals surface area contributed by atoms with Crippen molar-refractivity contribution in [2.24, 2.45) is 5.92 Å². The number of alkyl halides is 2. The van der Waals surface area contributed by atoms with E-state index in [4.69, 9.17) is 0 Å². The van der Waals surface area contributed by atoms with Crippen LogP contribution in [0.2, 0.25) is 0 Å². The van der Waals surface area contributed by atoms with E-state index in [-0.39, 0.29) is 29.5 Å². The highest BCUT2D eigenvalue weighted by Crippen LogP contribution is 2.37. The summed E-state index contributed by atoms with van der Waals surface area (Å²) in [5.41, 5.74) is -1.51. The van der Waals surface area contributed by atoms with E-state index in [9.17, 15) is 24.4 Å². The SMILES string of the molecule is CCC(=O)N[C@@H](C(=O)N1CCN(Cc2ccccn2)CC1)[C@@H](C)c1ccc(NC(=O)[C@](C)(NC(=O)C(F)(F)c2cccc(C#N)c2)C2CCCCC2)c(F)c1. The lowest BCUT2D eigenvalue weighted by Crippen LogP contribution is -2.62. The Morgan fingerprint density at radius 3 is 2.33 bits per heavy atom. The molecule has 1 aliphatic heterocycles. The molecule has 3 atom stereocenters. The van der Waals surface area contributed by atoms with Crippen molar-refractivity contribution in [2.45, 2.75) is 89.3 Å². The van der Waals surface area contributed by atoms with Crippen molar-refractivity contribution >= 4 is 29.3 Å². The molecule has 14 heteroatoms. The van der Waals surface area contributed by atoms with E-state index in [2.05, 4.69) is 25.8 Å². The number of aromatic nitrogens is 1. The first-order valence-corrected chi connectivity index (χ1v) is 18.8. The van der Waals surface area contributed by atoms with Crippen LogP contribution in [0.3, 0.4) is 0 Å². The molecule has 1 aliphatic carbocycles. The molecular weight excluding hydrogens is 711 g/mol. The normalized spacial score (nSPS) is 17.6. The molecule has 55 heavy (non-hydrogen) atoms. The minimum absolute atomic E-state index is 0.0512. The molecule has 3 aromatic rings. The summed E-state index contributed by atoms with van der Waals surface area (Å²) in [6.07, 6.45) is 5.18. The Kier molecular flexibility index (Phi) is 13.3. The summed E-state index contributed by atoms with van der Waals surface area (Å²) in [6, 6.07) is 15.1. The molecule has 1 saturated heterocycles. The zero-order chi connectivity index (χ0) is 39.8. The summed E-state index contributed by atoms with van der Waals surface area (Å²) >= 11 is 0. The standard InChI is InChI=1S/C41H48F3N7O4/c1-4-35(52)48-36(37(53)51-21-19-50(20-22-51)26-32-15-8-9-18-46-32)27(2)29-16-17-34(33(42)24-29)47-38(54)40(3,30-12-6-5-7-13-30)49-39(55)41(43,44)31-14-10-11-28(23-31)25-45/h8-11,14-18,23-24,27,30,36H,4-7,12-13,19-22,26H2,1-3H3,(H,47,54)(H,48,52)(H,49,55)/t27-,36+,40+/m0/s1. The lowest BCUT2D eigenvalue weighted by molar-refractivity contribution is -0.152. The Morgan fingerprint density at radius 1 is 0.964 bits per heavy atom. The molecule has 2 fully saturated rings. The number of halogens is 3. The lowest BCUT2D eigenvalue weighted by atomic mass is 9.74. The first-order chi connectivity index (χ1) is 26.3. The van der Waals surface area contributed by atoms with E-state index >= 15 is 13.2 Å². The number of hydrogen-bond acceptors (Lipinski definition) is 7. The van der Waals surface area contributed by atoms with Crippen molar-refractivity contribution in [3.05, 3.63) is 95.1 Å². The van der Waals surface area contributed by atoms with Crippen molar-refractivity contribution in [1.82, 2.24) is 25.4 Å². The summed E-state index contributed by atoms with van der Waals surface area (Å²) in [4.78, 5) is 62.0. The van der Waals surface area contributed by atoms with Crippen molar-refractivity contribution in [2.75, 3.05) is 31.5 Å². The first kappa shape index (κ1) is 40.9. The number of nitrogens with zero attached hydrogens (tertiary/aromatic N) is 4. The highest BCUT2D eigenvalue weighted by atomic mass is 19.3. The van der Waals surface area contributed by atoms with Crippen molar-refractivity contribution in [3.63, 3.8) is 0 Å². The molecule has 1 aromatic heterocycles. The minimum Gasteiger partial charge on any atom is -0.344 e. The maximum Gasteiger partial charge on any atom is 0.349 e. The molecule has 4 amide bonds. The number of amides is 4. The van der Waals surface area contributed by atoms with Gasteiger partial charge in [0.25, 0.3) is 5.91 Å². The number of nitrogens with one attached hydrogen (secondary N) is 3. The van der Waals surface area contributed by atoms with Gasteiger partial charge in [-0.2, -0.15) is 14.0 Å². The average Bonchev–Trinajstić information content (AvgIpc) is 3.20. The number of nitriles is 1. The van der Waals surface area contributed by atoms with Crippen LogP contribution in [-0.4, -0.2) is 76.2 Å². The third kappa shape index (κ3) is 9.69. The Bertz CT molecular complexity index is 1890. The molecule has 5 rings (SSSR count). The van der Waals surface area contributed by atoms with Crippen LogP contribution in [0.5, 0.6) is 0 Å². The number of carbonyl (C=O) groups is 4. The second-order valence-electron chi connectivity index (χ2n) is 14.6. The molecular formula is C41H48F3N7O4. The van der Waals surface area contributed by atoms with Gasteiger partial charge in [-0.1, -0.05) is 57.4 Å². The van der Waals surface area contributed by atoms with Crippen LogP contribution in [0.15, 0.2) is 66.9 Å². The Labute approximate surface area is 319 Å². The molecule has 2 aromatic carbocycles. The Morgan fingerprint density at radius 2 is 1.69 bits per heavy atom. The van der Waals surface area contributed by atoms with Crippen LogP contribution in [0.1, 0.15) is 87.6 Å². The first-order valence-electron chi connectivity index (χ1n) is 18.8. The van der Waals surface area contributed by atoms with Gasteiger partial charge in [0.15, 0.2) is 0 Å². The molecule has 2 aliphatic rings. The van der Waals surface area contributed by atoms with Crippen molar-refractivity contribution in [3.8, 4) is 6.07 Å². The predicted molar refractivity (Wildman–Crippen MR) is 200 cm³/mol. The van der Waals surface area contributed by atoms with E-state index in [1.807, 2.05) is 18.2 Å². The number of benzene rings is 2. The van der Waals surface area contributed by atoms with E-state index in [1.165, 1.54) is 31.2 Å². The third-order valence-corrected chi connectivity index (χ3v) is 10.9. The third-order valence-electron chi connectivity index (χ3n) is 10.9. The van der Waals surface area contributed by atoms with Gasteiger partial charge < -0.3 is 20.9 Å². The summed E-state index contributed by atoms with van der Waals surface area (Å²) in [6.45, 7) is 7.50. The highest BCUT2D eigenvalue weighted by Gasteiger charge is 2.49. The van der Waals surface area contributed by atoms with Gasteiger partial charge in [-0.05, 0) is 67.6 Å². The number of rotatable bonds is 13. The molecule has 11 nitrogen and oxygen atoms in total. The minimum atomic E-state index is -4.07. The zero-order valence-corrected chi connectivity index (χ0v) is 31.4. The van der Waals surface area contributed by atoms with Crippen LogP contribution < -0.4 is 16.0 Å². The van der Waals surface area contributed by atoms with E-state index in [1.54, 1.807) is 37.1 Å². The van der Waals surface area contributed by atoms with Gasteiger partial charge in [0.05, 0.1) is 23.0 Å². The fraction of sp³-hybridized carbons (Fsp3) is 0.463. The quantitative estimate of drug-likeness (QED) is 0.205. The van der Waals surface area contributed by atoms with Gasteiger partial charge in [-0.3, -0.25) is 29.1 Å². The smallest absolute Gasteiger partial charge is 0.344 e. The number of carbonyl (C=O) groups excluding carboxylic acids is 4. The molecule has 0 bridgehead atoms. The van der Waals surface area contributed by atoms with Crippen molar-refractivity contribution in [1.29, 1.82) is 5.26 Å². The number of anilines is 1. The second kappa shape index (κ2) is 17.9. The van der Waals surface area contributed by atoms with Crippen LogP contribution in [0, 0.1) is 23.1 Å². The second-order valence-corrected chi connectivity index (χ2v) is 14.6. The lowest BCUT2D eigenvalue weighted by Gasteiger charge is -2.40. The monoisotopic (exact) mass is 759 g/mol. The highest BCUT2D eigenvalue weighted by molar-refractivity contribution is 6.01. The van der Waals surface area contributed by atoms with Gasteiger partial charge >= 0.3 is 5.92 Å². The molecule has 2 heterocycles. The molecule has 0 unspecified atom stereocenters. The molecule has 292 valence electrons. The van der Waals surface area contributed by atoms with Crippen LogP contribution in [-0.2, 0) is 31.6 Å². The molecule has 3 N–H and O–H groups in total. The van der Waals surface area contributed by atoms with Gasteiger partial charge in [0, 0.05) is 56.8 Å². The van der Waals surface area contributed by atoms with E-state index in [0.717, 1.165) is 37.1 Å². The number of piperazine rings is 1. The molecule has 0 radical (unpaired) electrons. The Hall–Kier alpha value is -5.29. The maximum absolute atomic E-state index is 15.9. The average molecular weight is 760 g/mol. The van der Waals surface area contributed by atoms with Gasteiger partial charge in [0.1, 0.15) is 17.4 Å². The fourth-order valence-corrected chi connectivity index (χ4v) is 7.33. The predicted octanol–water partition coefficient (Wildman–Crippen LogP) is 5.62. The van der Waals surface area contributed by atoms with Crippen molar-refractivity contribution < 1.29 is 32.3 Å². The Balaban J connectivity index is 1.31. The number of pyridine rings is 1. The summed E-state index contributed by atoms with van der Waals surface area (Å²) in [5, 5.41) is 16.8. The zero-order valence-electron chi connectivity index (χ0n) is 31.4. The van der Waals surface area contributed by atoms with Crippen LogP contribution in [0.25, 0.3) is 0 Å². The van der Waals surface area contributed by atoms with Gasteiger partial charge in [-0.15, -0.1) is 0 Å². The van der Waals surface area contributed by atoms with Crippen LogP contribution >= 0.6 is 0 Å². The maximum atomic E-state index is 15.9. The molecule has 1 saturated carbocycles. The van der Waals surface area contributed by atoms with E-state index in [0.29, 0.717) is 51.1 Å². The van der Waals surface area contributed by atoms with Gasteiger partial charge in [-0.25, -0.2) is 4.39 Å². The molecule has 0 spiro atoms. The fourth-order valence-electron chi connectivity index (χ4n) is 7.33. The summed E-state index contributed by atoms with van der Waals surface area (Å²) in [5.74, 6) is -9.29. The topological polar surface area (TPSA) is 148 Å². The number of hydrogen-bond donors (Lipinski definition) is 3. The van der Waals surface area contributed by atoms with Crippen LogP contribution in [0.4, 0.5) is 18.9 Å². The van der Waals surface area contributed by atoms with E-state index < -0.39 is 52.5 Å². The van der Waals surface area contributed by atoms with Gasteiger partial charge in [0.2, 0.25) is 17.7 Å².